The van der Waals surface area contributed by atoms with E-state index in [1.807, 2.05) is 0 Å². The van der Waals surface area contributed by atoms with Crippen molar-refractivity contribution in [2.45, 2.75) is 51.6 Å². The third-order valence-electron chi connectivity index (χ3n) is 4.80. The number of carbonyl (C=O) groups is 1. The highest BCUT2D eigenvalue weighted by Gasteiger charge is 2.52. The fourth-order valence-electron chi connectivity index (χ4n) is 3.76. The Kier molecular flexibility index (Phi) is 3.36. The standard InChI is InChI=1S/C13H22O3/c1-13-7-6-11(15)9(3-2-8-14)10(13)4-5-12(13)16/h9-11,14-15H,2-8H2,1H3. The van der Waals surface area contributed by atoms with Crippen molar-refractivity contribution in [3.63, 3.8) is 0 Å². The van der Waals surface area contributed by atoms with Crippen molar-refractivity contribution in [2.75, 3.05) is 6.61 Å². The van der Waals surface area contributed by atoms with Crippen LogP contribution in [0.2, 0.25) is 0 Å². The Labute approximate surface area is 96.9 Å². The molecule has 92 valence electrons. The fourth-order valence-corrected chi connectivity index (χ4v) is 3.76. The van der Waals surface area contributed by atoms with E-state index in [-0.39, 0.29) is 24.0 Å². The summed E-state index contributed by atoms with van der Waals surface area (Å²) in [5, 5.41) is 18.9. The molecule has 0 heterocycles. The molecule has 0 radical (unpaired) electrons. The molecule has 2 aliphatic rings. The summed E-state index contributed by atoms with van der Waals surface area (Å²) in [5.41, 5.74) is -0.181. The maximum Gasteiger partial charge on any atom is 0.139 e. The average molecular weight is 226 g/mol. The minimum Gasteiger partial charge on any atom is -0.396 e. The maximum absolute atomic E-state index is 11.9. The summed E-state index contributed by atoms with van der Waals surface area (Å²) < 4.78 is 0. The Bertz CT molecular complexity index is 276. The van der Waals surface area contributed by atoms with Crippen LogP contribution in [0.25, 0.3) is 0 Å². The SMILES string of the molecule is CC12CCC(O)C(CCCO)C1CCC2=O. The molecular formula is C13H22O3. The zero-order valence-corrected chi connectivity index (χ0v) is 9.98. The van der Waals surface area contributed by atoms with Crippen LogP contribution in [0.3, 0.4) is 0 Å². The molecule has 4 unspecified atom stereocenters. The molecule has 0 amide bonds. The van der Waals surface area contributed by atoms with E-state index >= 15 is 0 Å². The molecule has 0 spiro atoms. The minimum absolute atomic E-state index is 0.181. The lowest BCUT2D eigenvalue weighted by Crippen LogP contribution is -2.44. The zero-order valence-electron chi connectivity index (χ0n) is 9.98. The number of aliphatic hydroxyl groups excluding tert-OH is 2. The molecule has 3 nitrogen and oxygen atoms in total. The molecule has 2 N–H and O–H groups in total. The lowest BCUT2D eigenvalue weighted by atomic mass is 9.62. The molecule has 2 saturated carbocycles. The molecule has 2 fully saturated rings. The van der Waals surface area contributed by atoms with Crippen molar-refractivity contribution in [3.05, 3.63) is 0 Å². The Morgan fingerprint density at radius 2 is 2.19 bits per heavy atom. The third kappa shape index (κ3) is 1.80. The quantitative estimate of drug-likeness (QED) is 0.767. The van der Waals surface area contributed by atoms with E-state index < -0.39 is 0 Å². The topological polar surface area (TPSA) is 57.5 Å². The lowest BCUT2D eigenvalue weighted by Gasteiger charge is -2.43. The van der Waals surface area contributed by atoms with E-state index in [4.69, 9.17) is 5.11 Å². The van der Waals surface area contributed by atoms with Crippen molar-refractivity contribution < 1.29 is 15.0 Å². The van der Waals surface area contributed by atoms with Crippen molar-refractivity contribution in [3.8, 4) is 0 Å². The Morgan fingerprint density at radius 1 is 1.44 bits per heavy atom. The summed E-state index contributed by atoms with van der Waals surface area (Å²) in [5.74, 6) is 0.950. The first-order valence-corrected chi connectivity index (χ1v) is 6.42. The summed E-state index contributed by atoms with van der Waals surface area (Å²) in [6.07, 6.45) is 4.53. The highest BCUT2D eigenvalue weighted by atomic mass is 16.3. The number of hydrogen-bond acceptors (Lipinski definition) is 3. The molecule has 16 heavy (non-hydrogen) atoms. The Balaban J connectivity index is 2.13. The molecule has 0 aliphatic heterocycles. The van der Waals surface area contributed by atoms with Gasteiger partial charge < -0.3 is 10.2 Å². The van der Waals surface area contributed by atoms with Gasteiger partial charge in [0.1, 0.15) is 5.78 Å². The second-order valence-electron chi connectivity index (χ2n) is 5.62. The van der Waals surface area contributed by atoms with Gasteiger partial charge in [-0.25, -0.2) is 0 Å². The zero-order chi connectivity index (χ0) is 11.8. The van der Waals surface area contributed by atoms with Gasteiger partial charge in [-0.15, -0.1) is 0 Å². The van der Waals surface area contributed by atoms with E-state index in [1.54, 1.807) is 0 Å². The van der Waals surface area contributed by atoms with Crippen LogP contribution in [0.15, 0.2) is 0 Å². The summed E-state index contributed by atoms with van der Waals surface area (Å²) in [7, 11) is 0. The first-order chi connectivity index (χ1) is 7.59. The molecule has 4 atom stereocenters. The van der Waals surface area contributed by atoms with Crippen LogP contribution in [0, 0.1) is 17.3 Å². The van der Waals surface area contributed by atoms with Crippen molar-refractivity contribution in [1.29, 1.82) is 0 Å². The van der Waals surface area contributed by atoms with Gasteiger partial charge in [0, 0.05) is 18.4 Å². The highest BCUT2D eigenvalue weighted by Crippen LogP contribution is 2.53. The van der Waals surface area contributed by atoms with E-state index in [1.165, 1.54) is 0 Å². The van der Waals surface area contributed by atoms with Gasteiger partial charge in [-0.1, -0.05) is 6.92 Å². The normalized spacial score (nSPS) is 43.4. The monoisotopic (exact) mass is 226 g/mol. The first-order valence-electron chi connectivity index (χ1n) is 6.42. The second-order valence-corrected chi connectivity index (χ2v) is 5.62. The Morgan fingerprint density at radius 3 is 2.88 bits per heavy atom. The smallest absolute Gasteiger partial charge is 0.139 e. The van der Waals surface area contributed by atoms with Gasteiger partial charge >= 0.3 is 0 Å². The van der Waals surface area contributed by atoms with Crippen LogP contribution >= 0.6 is 0 Å². The molecule has 0 aromatic heterocycles. The van der Waals surface area contributed by atoms with Crippen LogP contribution in [0.1, 0.15) is 45.4 Å². The summed E-state index contributed by atoms with van der Waals surface area (Å²) in [4.78, 5) is 11.9. The molecule has 2 aliphatic carbocycles. The number of ketones is 1. The van der Waals surface area contributed by atoms with Crippen molar-refractivity contribution in [2.24, 2.45) is 17.3 Å². The molecule has 3 heteroatoms. The van der Waals surface area contributed by atoms with Gasteiger partial charge in [0.25, 0.3) is 0 Å². The number of hydrogen-bond donors (Lipinski definition) is 2. The Hall–Kier alpha value is -0.410. The number of rotatable bonds is 3. The molecule has 0 bridgehead atoms. The van der Waals surface area contributed by atoms with E-state index in [2.05, 4.69) is 6.92 Å². The molecule has 2 rings (SSSR count). The van der Waals surface area contributed by atoms with Gasteiger partial charge in [0.2, 0.25) is 0 Å². The van der Waals surface area contributed by atoms with Crippen LogP contribution < -0.4 is 0 Å². The number of carbonyl (C=O) groups excluding carboxylic acids is 1. The van der Waals surface area contributed by atoms with Crippen LogP contribution in [0.4, 0.5) is 0 Å². The molecule has 0 aromatic carbocycles. The van der Waals surface area contributed by atoms with Crippen molar-refractivity contribution in [1.82, 2.24) is 0 Å². The van der Waals surface area contributed by atoms with E-state index in [0.717, 1.165) is 32.1 Å². The second kappa shape index (κ2) is 4.46. The van der Waals surface area contributed by atoms with Gasteiger partial charge in [0.05, 0.1) is 6.10 Å². The predicted octanol–water partition coefficient (Wildman–Crippen LogP) is 1.52. The van der Waals surface area contributed by atoms with Crippen LogP contribution in [-0.2, 0) is 4.79 Å². The van der Waals surface area contributed by atoms with Crippen molar-refractivity contribution >= 4 is 5.78 Å². The van der Waals surface area contributed by atoms with E-state index in [0.29, 0.717) is 18.1 Å². The largest absolute Gasteiger partial charge is 0.396 e. The van der Waals surface area contributed by atoms with Gasteiger partial charge in [-0.05, 0) is 43.9 Å². The number of aliphatic hydroxyl groups is 2. The number of Topliss-reactive ketones (excluding diaryl/α,β-unsaturated/α-hetero) is 1. The fraction of sp³-hybridized carbons (Fsp3) is 0.923. The highest BCUT2D eigenvalue weighted by molar-refractivity contribution is 5.87. The van der Waals surface area contributed by atoms with Gasteiger partial charge in [-0.2, -0.15) is 0 Å². The number of fused-ring (bicyclic) bond motifs is 1. The first kappa shape index (κ1) is 12.1. The molecular weight excluding hydrogens is 204 g/mol. The van der Waals surface area contributed by atoms with Crippen LogP contribution in [0.5, 0.6) is 0 Å². The van der Waals surface area contributed by atoms with Crippen LogP contribution in [-0.4, -0.2) is 28.7 Å². The summed E-state index contributed by atoms with van der Waals surface area (Å²) in [6, 6.07) is 0. The summed E-state index contributed by atoms with van der Waals surface area (Å²) >= 11 is 0. The third-order valence-corrected chi connectivity index (χ3v) is 4.80. The molecule has 0 saturated heterocycles. The minimum atomic E-state index is -0.268. The van der Waals surface area contributed by atoms with Gasteiger partial charge in [-0.3, -0.25) is 4.79 Å². The predicted molar refractivity (Wildman–Crippen MR) is 60.9 cm³/mol. The van der Waals surface area contributed by atoms with Gasteiger partial charge in [0.15, 0.2) is 0 Å². The summed E-state index contributed by atoms with van der Waals surface area (Å²) in [6.45, 7) is 2.26. The van der Waals surface area contributed by atoms with E-state index in [9.17, 15) is 9.90 Å². The maximum atomic E-state index is 11.9. The lowest BCUT2D eigenvalue weighted by molar-refractivity contribution is -0.131. The average Bonchev–Trinajstić information content (AvgIpc) is 2.56. The molecule has 0 aromatic rings.